The molecule has 4 nitrogen and oxygen atoms in total. The van der Waals surface area contributed by atoms with Crippen molar-refractivity contribution in [3.8, 4) is 0 Å². The van der Waals surface area contributed by atoms with Crippen LogP contribution in [0.25, 0.3) is 0 Å². The third-order valence-electron chi connectivity index (χ3n) is 4.64. The molecule has 0 radical (unpaired) electrons. The Labute approximate surface area is 153 Å². The molecule has 1 unspecified atom stereocenters. The van der Waals surface area contributed by atoms with E-state index in [9.17, 15) is 4.39 Å². The summed E-state index contributed by atoms with van der Waals surface area (Å²) in [6.07, 6.45) is 1.20. The standard InChI is InChI=1S/C18H28BrFN4/c1-4-23(5-2)12-15-8-9-24(13-15)18(21-3)22-11-14-6-7-16(19)17(20)10-14/h6-7,10,15H,4-5,8-9,11-13H2,1-3H3,(H,21,22). The predicted molar refractivity (Wildman–Crippen MR) is 102 cm³/mol. The Morgan fingerprint density at radius 2 is 2.17 bits per heavy atom. The van der Waals surface area contributed by atoms with Gasteiger partial charge in [0.1, 0.15) is 5.82 Å². The molecule has 1 aromatic carbocycles. The number of guanidine groups is 1. The van der Waals surface area contributed by atoms with Gasteiger partial charge in [-0.05, 0) is 59.1 Å². The first kappa shape index (κ1) is 19.2. The van der Waals surface area contributed by atoms with Crippen LogP contribution in [-0.2, 0) is 6.54 Å². The summed E-state index contributed by atoms with van der Waals surface area (Å²) in [4.78, 5) is 9.18. The van der Waals surface area contributed by atoms with Crippen LogP contribution in [0.2, 0.25) is 0 Å². The van der Waals surface area contributed by atoms with Crippen molar-refractivity contribution in [2.24, 2.45) is 10.9 Å². The smallest absolute Gasteiger partial charge is 0.193 e. The minimum atomic E-state index is -0.232. The van der Waals surface area contributed by atoms with E-state index >= 15 is 0 Å². The molecule has 1 aliphatic rings. The molecule has 1 fully saturated rings. The van der Waals surface area contributed by atoms with Crippen molar-refractivity contribution in [2.45, 2.75) is 26.8 Å². The van der Waals surface area contributed by atoms with Gasteiger partial charge in [0.25, 0.3) is 0 Å². The molecular weight excluding hydrogens is 371 g/mol. The average molecular weight is 399 g/mol. The predicted octanol–water partition coefficient (Wildman–Crippen LogP) is 3.33. The molecule has 1 saturated heterocycles. The fourth-order valence-electron chi connectivity index (χ4n) is 3.18. The molecular formula is C18H28BrFN4. The van der Waals surface area contributed by atoms with E-state index in [4.69, 9.17) is 0 Å². The van der Waals surface area contributed by atoms with Gasteiger partial charge in [-0.15, -0.1) is 0 Å². The first-order chi connectivity index (χ1) is 11.6. The van der Waals surface area contributed by atoms with Crippen LogP contribution in [0, 0.1) is 11.7 Å². The van der Waals surface area contributed by atoms with Crippen molar-refractivity contribution in [2.75, 3.05) is 39.8 Å². The summed E-state index contributed by atoms with van der Waals surface area (Å²) in [7, 11) is 1.81. The molecule has 134 valence electrons. The summed E-state index contributed by atoms with van der Waals surface area (Å²) in [6.45, 7) is 10.4. The van der Waals surface area contributed by atoms with Crippen LogP contribution in [-0.4, -0.2) is 55.5 Å². The molecule has 1 heterocycles. The van der Waals surface area contributed by atoms with Gasteiger partial charge >= 0.3 is 0 Å². The topological polar surface area (TPSA) is 30.9 Å². The van der Waals surface area contributed by atoms with Crippen LogP contribution in [0.5, 0.6) is 0 Å². The van der Waals surface area contributed by atoms with Crippen molar-refractivity contribution in [3.63, 3.8) is 0 Å². The van der Waals surface area contributed by atoms with E-state index in [0.717, 1.165) is 44.2 Å². The van der Waals surface area contributed by atoms with Gasteiger partial charge in [-0.2, -0.15) is 0 Å². The quantitative estimate of drug-likeness (QED) is 0.588. The molecule has 1 N–H and O–H groups in total. The summed E-state index contributed by atoms with van der Waals surface area (Å²) < 4.78 is 14.1. The lowest BCUT2D eigenvalue weighted by Crippen LogP contribution is -2.40. The zero-order valence-corrected chi connectivity index (χ0v) is 16.4. The molecule has 24 heavy (non-hydrogen) atoms. The highest BCUT2D eigenvalue weighted by atomic mass is 79.9. The Morgan fingerprint density at radius 3 is 2.79 bits per heavy atom. The summed E-state index contributed by atoms with van der Waals surface area (Å²) >= 11 is 3.18. The third kappa shape index (κ3) is 5.18. The van der Waals surface area contributed by atoms with Gasteiger partial charge in [-0.1, -0.05) is 19.9 Å². The second kappa shape index (κ2) is 9.37. The number of halogens is 2. The maximum absolute atomic E-state index is 13.6. The number of nitrogens with one attached hydrogen (secondary N) is 1. The zero-order chi connectivity index (χ0) is 17.5. The van der Waals surface area contributed by atoms with E-state index in [1.165, 1.54) is 6.42 Å². The van der Waals surface area contributed by atoms with Gasteiger partial charge in [0.05, 0.1) is 4.47 Å². The molecule has 0 amide bonds. The van der Waals surface area contributed by atoms with Gasteiger partial charge in [-0.3, -0.25) is 4.99 Å². The highest BCUT2D eigenvalue weighted by molar-refractivity contribution is 9.10. The van der Waals surface area contributed by atoms with Crippen LogP contribution in [0.15, 0.2) is 27.7 Å². The molecule has 0 spiro atoms. The average Bonchev–Trinajstić information content (AvgIpc) is 3.04. The highest BCUT2D eigenvalue weighted by Crippen LogP contribution is 2.19. The monoisotopic (exact) mass is 398 g/mol. The highest BCUT2D eigenvalue weighted by Gasteiger charge is 2.25. The molecule has 0 saturated carbocycles. The molecule has 6 heteroatoms. The van der Waals surface area contributed by atoms with Crippen LogP contribution >= 0.6 is 15.9 Å². The number of likely N-dealkylation sites (tertiary alicyclic amines) is 1. The number of rotatable bonds is 6. The zero-order valence-electron chi connectivity index (χ0n) is 14.9. The van der Waals surface area contributed by atoms with Crippen LogP contribution in [0.3, 0.4) is 0 Å². The van der Waals surface area contributed by atoms with E-state index in [2.05, 4.69) is 49.9 Å². The van der Waals surface area contributed by atoms with Crippen molar-refractivity contribution in [1.29, 1.82) is 0 Å². The number of benzene rings is 1. The number of hydrogen-bond acceptors (Lipinski definition) is 2. The Kier molecular flexibility index (Phi) is 7.49. The Morgan fingerprint density at radius 1 is 1.42 bits per heavy atom. The van der Waals surface area contributed by atoms with Crippen LogP contribution < -0.4 is 5.32 Å². The lowest BCUT2D eigenvalue weighted by atomic mass is 10.1. The number of aliphatic imine (C=N–C) groups is 1. The van der Waals surface area contributed by atoms with Gasteiger partial charge in [-0.25, -0.2) is 4.39 Å². The summed E-state index contributed by atoms with van der Waals surface area (Å²) in [5.74, 6) is 1.36. The summed E-state index contributed by atoms with van der Waals surface area (Å²) in [6, 6.07) is 5.21. The van der Waals surface area contributed by atoms with Gasteiger partial charge in [0.2, 0.25) is 0 Å². The fourth-order valence-corrected chi connectivity index (χ4v) is 3.43. The molecule has 0 bridgehead atoms. The molecule has 1 aromatic rings. The lowest BCUT2D eigenvalue weighted by molar-refractivity contribution is 0.255. The van der Waals surface area contributed by atoms with Crippen LogP contribution in [0.1, 0.15) is 25.8 Å². The Hall–Kier alpha value is -1.14. The molecule has 2 rings (SSSR count). The van der Waals surface area contributed by atoms with E-state index < -0.39 is 0 Å². The molecule has 0 aromatic heterocycles. The minimum absolute atomic E-state index is 0.232. The van der Waals surface area contributed by atoms with Crippen molar-refractivity contribution in [3.05, 3.63) is 34.1 Å². The van der Waals surface area contributed by atoms with Gasteiger partial charge in [0.15, 0.2) is 5.96 Å². The van der Waals surface area contributed by atoms with Gasteiger partial charge in [0, 0.05) is 33.2 Å². The molecule has 1 atom stereocenters. The second-order valence-electron chi connectivity index (χ2n) is 6.24. The third-order valence-corrected chi connectivity index (χ3v) is 5.29. The summed E-state index contributed by atoms with van der Waals surface area (Å²) in [5.41, 5.74) is 0.913. The molecule has 1 aliphatic heterocycles. The lowest BCUT2D eigenvalue weighted by Gasteiger charge is -2.24. The summed E-state index contributed by atoms with van der Waals surface area (Å²) in [5, 5.41) is 3.36. The van der Waals surface area contributed by atoms with Crippen molar-refractivity contribution >= 4 is 21.9 Å². The van der Waals surface area contributed by atoms with E-state index in [-0.39, 0.29) is 5.82 Å². The van der Waals surface area contributed by atoms with Crippen LogP contribution in [0.4, 0.5) is 4.39 Å². The van der Waals surface area contributed by atoms with E-state index in [1.54, 1.807) is 12.1 Å². The van der Waals surface area contributed by atoms with Crippen molar-refractivity contribution < 1.29 is 4.39 Å². The van der Waals surface area contributed by atoms with Gasteiger partial charge < -0.3 is 15.1 Å². The minimum Gasteiger partial charge on any atom is -0.352 e. The van der Waals surface area contributed by atoms with Crippen molar-refractivity contribution in [1.82, 2.24) is 15.1 Å². The maximum Gasteiger partial charge on any atom is 0.193 e. The van der Waals surface area contributed by atoms with E-state index in [1.807, 2.05) is 13.1 Å². The first-order valence-corrected chi connectivity index (χ1v) is 9.48. The van der Waals surface area contributed by atoms with E-state index in [0.29, 0.717) is 16.9 Å². The Bertz CT molecular complexity index is 560. The largest absolute Gasteiger partial charge is 0.352 e. The SMILES string of the molecule is CCN(CC)CC1CCN(C(=NC)NCc2ccc(Br)c(F)c2)C1. The Balaban J connectivity index is 1.87. The second-order valence-corrected chi connectivity index (χ2v) is 7.09. The fraction of sp³-hybridized carbons (Fsp3) is 0.611. The normalized spacial score (nSPS) is 18.5. The maximum atomic E-state index is 13.6. The first-order valence-electron chi connectivity index (χ1n) is 8.69. The molecule has 0 aliphatic carbocycles. The number of nitrogens with zero attached hydrogens (tertiary/aromatic N) is 3. The number of hydrogen-bond donors (Lipinski definition) is 1.